The Balaban J connectivity index is 1.69. The van der Waals surface area contributed by atoms with Crippen molar-refractivity contribution < 1.29 is 31.2 Å². The number of nitrogens with zero attached hydrogens (tertiary/aromatic N) is 2. The van der Waals surface area contributed by atoms with Gasteiger partial charge in [0.25, 0.3) is 5.91 Å². The topological polar surface area (TPSA) is 118 Å². The molecule has 32 heavy (non-hydrogen) atoms. The maximum atomic E-state index is 13.0. The molecule has 2 aliphatic rings. The van der Waals surface area contributed by atoms with Crippen molar-refractivity contribution in [3.63, 3.8) is 0 Å². The van der Waals surface area contributed by atoms with Crippen LogP contribution in [-0.4, -0.2) is 81.7 Å². The fraction of sp³-hybridized carbons (Fsp3) is 0.619. The third-order valence-corrected chi connectivity index (χ3v) is 9.78. The van der Waals surface area contributed by atoms with E-state index in [0.717, 1.165) is 19.3 Å². The summed E-state index contributed by atoms with van der Waals surface area (Å²) in [4.78, 5) is 26.6. The van der Waals surface area contributed by atoms with E-state index in [1.54, 1.807) is 19.9 Å². The summed E-state index contributed by atoms with van der Waals surface area (Å²) in [5, 5.41) is 0. The van der Waals surface area contributed by atoms with Crippen LogP contribution >= 0.6 is 0 Å². The third kappa shape index (κ3) is 5.49. The molecule has 1 amide bonds. The van der Waals surface area contributed by atoms with Crippen LogP contribution in [0.25, 0.3) is 0 Å². The number of carbonyl (C=O) groups is 2. The summed E-state index contributed by atoms with van der Waals surface area (Å²) in [5.41, 5.74) is 0.577. The number of carbonyl (C=O) groups excluding carboxylic acids is 2. The molecular formula is C21H30N2O7S2. The number of sulfone groups is 1. The minimum absolute atomic E-state index is 0.0405. The van der Waals surface area contributed by atoms with Crippen molar-refractivity contribution in [3.05, 3.63) is 29.3 Å². The lowest BCUT2D eigenvalue weighted by Crippen LogP contribution is -2.43. The van der Waals surface area contributed by atoms with E-state index in [1.165, 1.54) is 21.3 Å². The minimum Gasteiger partial charge on any atom is -0.452 e. The number of esters is 1. The molecular weight excluding hydrogens is 456 g/mol. The SMILES string of the molecule is CCN(C(=O)COC(=O)c1ccc(C)c(S(=O)(=O)N2CCCCC2)c1)[C@H]1CCS(=O)(=O)C1. The lowest BCUT2D eigenvalue weighted by atomic mass is 10.1. The molecule has 2 saturated heterocycles. The number of hydrogen-bond donors (Lipinski definition) is 0. The van der Waals surface area contributed by atoms with Crippen LogP contribution in [0.15, 0.2) is 23.1 Å². The molecule has 0 aliphatic carbocycles. The zero-order valence-electron chi connectivity index (χ0n) is 18.4. The maximum Gasteiger partial charge on any atom is 0.338 e. The van der Waals surface area contributed by atoms with Gasteiger partial charge in [0.2, 0.25) is 10.0 Å². The van der Waals surface area contributed by atoms with Gasteiger partial charge in [-0.1, -0.05) is 12.5 Å². The van der Waals surface area contributed by atoms with E-state index < -0.39 is 44.4 Å². The molecule has 0 N–H and O–H groups in total. The number of aryl methyl sites for hydroxylation is 1. The molecule has 2 heterocycles. The van der Waals surface area contributed by atoms with Crippen molar-refractivity contribution in [3.8, 4) is 0 Å². The van der Waals surface area contributed by atoms with Crippen molar-refractivity contribution in [2.75, 3.05) is 37.7 Å². The van der Waals surface area contributed by atoms with Gasteiger partial charge in [0.05, 0.1) is 22.0 Å². The average molecular weight is 487 g/mol. The highest BCUT2D eigenvalue weighted by atomic mass is 32.2. The number of benzene rings is 1. The van der Waals surface area contributed by atoms with Crippen LogP contribution in [0.5, 0.6) is 0 Å². The van der Waals surface area contributed by atoms with E-state index in [1.807, 2.05) is 0 Å². The fourth-order valence-electron chi connectivity index (χ4n) is 4.20. The quantitative estimate of drug-likeness (QED) is 0.534. The summed E-state index contributed by atoms with van der Waals surface area (Å²) in [7, 11) is -6.88. The first-order valence-corrected chi connectivity index (χ1v) is 14.1. The molecule has 2 aliphatic heterocycles. The molecule has 0 radical (unpaired) electrons. The number of rotatable bonds is 7. The Kier molecular flexibility index (Phi) is 7.61. The highest BCUT2D eigenvalue weighted by Gasteiger charge is 2.34. The van der Waals surface area contributed by atoms with Gasteiger partial charge < -0.3 is 9.64 Å². The summed E-state index contributed by atoms with van der Waals surface area (Å²) in [6.07, 6.45) is 2.97. The monoisotopic (exact) mass is 486 g/mol. The standard InChI is InChI=1S/C21H30N2O7S2/c1-3-23(18-9-12-31(26,27)15-18)20(24)14-30-21(25)17-8-7-16(2)19(13-17)32(28,29)22-10-5-4-6-11-22/h7-8,13,18H,3-6,9-12,14-15H2,1-2H3/t18-/m0/s1. The molecule has 1 aromatic rings. The first kappa shape index (κ1) is 24.7. The molecule has 0 saturated carbocycles. The van der Waals surface area contributed by atoms with E-state index in [4.69, 9.17) is 4.74 Å². The van der Waals surface area contributed by atoms with E-state index in [-0.39, 0.29) is 22.0 Å². The number of likely N-dealkylation sites (N-methyl/N-ethyl adjacent to an activating group) is 1. The van der Waals surface area contributed by atoms with Gasteiger partial charge in [-0.25, -0.2) is 21.6 Å². The van der Waals surface area contributed by atoms with E-state index in [0.29, 0.717) is 31.6 Å². The van der Waals surface area contributed by atoms with Crippen molar-refractivity contribution in [2.45, 2.75) is 50.5 Å². The Labute approximate surface area is 189 Å². The van der Waals surface area contributed by atoms with Crippen LogP contribution < -0.4 is 0 Å². The highest BCUT2D eigenvalue weighted by Crippen LogP contribution is 2.25. The van der Waals surface area contributed by atoms with Crippen LogP contribution in [0, 0.1) is 6.92 Å². The van der Waals surface area contributed by atoms with Crippen LogP contribution in [0.4, 0.5) is 0 Å². The first-order valence-electron chi connectivity index (χ1n) is 10.8. The second-order valence-electron chi connectivity index (χ2n) is 8.26. The predicted octanol–water partition coefficient (Wildman–Crippen LogP) is 1.36. The Hall–Kier alpha value is -1.98. The lowest BCUT2D eigenvalue weighted by Gasteiger charge is -2.27. The second-order valence-corrected chi connectivity index (χ2v) is 12.4. The number of ether oxygens (including phenoxy) is 1. The minimum atomic E-state index is -3.73. The first-order chi connectivity index (χ1) is 15.0. The summed E-state index contributed by atoms with van der Waals surface area (Å²) >= 11 is 0. The van der Waals surface area contributed by atoms with Gasteiger partial charge in [-0.15, -0.1) is 0 Å². The molecule has 178 valence electrons. The highest BCUT2D eigenvalue weighted by molar-refractivity contribution is 7.91. The van der Waals surface area contributed by atoms with Crippen LogP contribution in [0.2, 0.25) is 0 Å². The summed E-state index contributed by atoms with van der Waals surface area (Å²) in [6.45, 7) is 4.08. The molecule has 11 heteroatoms. The summed E-state index contributed by atoms with van der Waals surface area (Å²) in [5.74, 6) is -1.32. The van der Waals surface area contributed by atoms with Crippen molar-refractivity contribution >= 4 is 31.7 Å². The lowest BCUT2D eigenvalue weighted by molar-refractivity contribution is -0.136. The van der Waals surface area contributed by atoms with Crippen LogP contribution in [0.1, 0.15) is 48.5 Å². The smallest absolute Gasteiger partial charge is 0.338 e. The zero-order valence-corrected chi connectivity index (χ0v) is 20.1. The Morgan fingerprint density at radius 3 is 2.47 bits per heavy atom. The molecule has 1 aromatic carbocycles. The number of hydrogen-bond acceptors (Lipinski definition) is 7. The number of piperidine rings is 1. The fourth-order valence-corrected chi connectivity index (χ4v) is 7.70. The summed E-state index contributed by atoms with van der Waals surface area (Å²) in [6, 6.07) is 3.90. The van der Waals surface area contributed by atoms with Gasteiger partial charge in [-0.3, -0.25) is 4.79 Å². The molecule has 0 unspecified atom stereocenters. The van der Waals surface area contributed by atoms with E-state index in [2.05, 4.69) is 0 Å². The molecule has 0 spiro atoms. The van der Waals surface area contributed by atoms with Gasteiger partial charge in [0.15, 0.2) is 16.4 Å². The average Bonchev–Trinajstić information content (AvgIpc) is 3.12. The Morgan fingerprint density at radius 2 is 1.88 bits per heavy atom. The molecule has 0 aromatic heterocycles. The predicted molar refractivity (Wildman–Crippen MR) is 119 cm³/mol. The Bertz CT molecular complexity index is 1080. The normalized spacial score (nSPS) is 21.2. The van der Waals surface area contributed by atoms with E-state index >= 15 is 0 Å². The molecule has 2 fully saturated rings. The van der Waals surface area contributed by atoms with Crippen molar-refractivity contribution in [2.24, 2.45) is 0 Å². The van der Waals surface area contributed by atoms with Crippen LogP contribution in [0.3, 0.4) is 0 Å². The zero-order chi connectivity index (χ0) is 23.5. The van der Waals surface area contributed by atoms with Gasteiger partial charge >= 0.3 is 5.97 Å². The van der Waals surface area contributed by atoms with E-state index in [9.17, 15) is 26.4 Å². The van der Waals surface area contributed by atoms with Gasteiger partial charge in [0, 0.05) is 25.7 Å². The largest absolute Gasteiger partial charge is 0.452 e. The molecule has 1 atom stereocenters. The number of sulfonamides is 1. The van der Waals surface area contributed by atoms with Gasteiger partial charge in [-0.2, -0.15) is 4.31 Å². The van der Waals surface area contributed by atoms with Gasteiger partial charge in [0.1, 0.15) is 0 Å². The maximum absolute atomic E-state index is 13.0. The number of amides is 1. The van der Waals surface area contributed by atoms with Crippen molar-refractivity contribution in [1.29, 1.82) is 0 Å². The van der Waals surface area contributed by atoms with Crippen LogP contribution in [-0.2, 0) is 29.4 Å². The molecule has 3 rings (SSSR count). The van der Waals surface area contributed by atoms with Crippen molar-refractivity contribution in [1.82, 2.24) is 9.21 Å². The third-order valence-electron chi connectivity index (χ3n) is 5.99. The molecule has 9 nitrogen and oxygen atoms in total. The van der Waals surface area contributed by atoms with Gasteiger partial charge in [-0.05, 0) is 50.8 Å². The summed E-state index contributed by atoms with van der Waals surface area (Å²) < 4.78 is 56.1. The Morgan fingerprint density at radius 1 is 1.19 bits per heavy atom. The second kappa shape index (κ2) is 9.88. The molecule has 0 bridgehead atoms.